The number of Topliss-reactive ketones (excluding diaryl/α,β-unsaturated/α-hetero) is 1. The molecular weight excluding hydrogens is 506 g/mol. The number of esters is 1. The minimum atomic E-state index is -0.905. The first-order valence-corrected chi connectivity index (χ1v) is 13.3. The lowest BCUT2D eigenvalue weighted by atomic mass is 9.84. The summed E-state index contributed by atoms with van der Waals surface area (Å²) in [4.78, 5) is 40.1. The summed E-state index contributed by atoms with van der Waals surface area (Å²) in [6.45, 7) is 13.7. The number of benzene rings is 3. The van der Waals surface area contributed by atoms with Crippen LogP contribution in [0.5, 0.6) is 11.5 Å². The fraction of sp³-hybridized carbons (Fsp3) is 0.303. The van der Waals surface area contributed by atoms with Crippen LogP contribution in [0.1, 0.15) is 68.5 Å². The van der Waals surface area contributed by atoms with Gasteiger partial charge in [-0.25, -0.2) is 0 Å². The Balaban J connectivity index is 1.94. The molecule has 1 aliphatic heterocycles. The molecule has 7 heteroatoms. The van der Waals surface area contributed by atoms with Gasteiger partial charge in [0.15, 0.2) is 0 Å². The van der Waals surface area contributed by atoms with Crippen molar-refractivity contribution in [1.29, 1.82) is 0 Å². The number of hydrogen-bond acceptors (Lipinski definition) is 6. The molecular formula is C33H35NO6. The first-order valence-electron chi connectivity index (χ1n) is 13.3. The summed E-state index contributed by atoms with van der Waals surface area (Å²) in [6, 6.07) is 16.6. The molecule has 1 amide bonds. The molecule has 0 aromatic heterocycles. The van der Waals surface area contributed by atoms with Gasteiger partial charge in [-0.05, 0) is 85.3 Å². The predicted octanol–water partition coefficient (Wildman–Crippen LogP) is 6.55. The molecule has 0 spiro atoms. The van der Waals surface area contributed by atoms with Crippen molar-refractivity contribution in [2.24, 2.45) is 0 Å². The monoisotopic (exact) mass is 541 g/mol. The summed E-state index contributed by atoms with van der Waals surface area (Å²) in [5, 5.41) is 11.7. The summed E-state index contributed by atoms with van der Waals surface area (Å²) < 4.78 is 11.0. The highest BCUT2D eigenvalue weighted by atomic mass is 16.5. The van der Waals surface area contributed by atoms with Crippen LogP contribution < -0.4 is 14.4 Å². The Bertz CT molecular complexity index is 1490. The van der Waals surface area contributed by atoms with E-state index in [0.717, 1.165) is 16.7 Å². The first-order chi connectivity index (χ1) is 18.8. The zero-order valence-corrected chi connectivity index (χ0v) is 24.0. The van der Waals surface area contributed by atoms with Crippen molar-refractivity contribution < 1.29 is 29.0 Å². The van der Waals surface area contributed by atoms with Gasteiger partial charge in [-0.2, -0.15) is 0 Å². The van der Waals surface area contributed by atoms with Crippen LogP contribution in [0.3, 0.4) is 0 Å². The molecule has 4 rings (SSSR count). The second-order valence-corrected chi connectivity index (χ2v) is 11.1. The quantitative estimate of drug-likeness (QED) is 0.125. The lowest BCUT2D eigenvalue weighted by Crippen LogP contribution is -2.29. The van der Waals surface area contributed by atoms with Crippen molar-refractivity contribution in [3.05, 3.63) is 94.1 Å². The van der Waals surface area contributed by atoms with Crippen LogP contribution in [0, 0.1) is 13.8 Å². The lowest BCUT2D eigenvalue weighted by molar-refractivity contribution is -0.132. The molecule has 1 saturated heterocycles. The lowest BCUT2D eigenvalue weighted by Gasteiger charge is -2.27. The predicted molar refractivity (Wildman–Crippen MR) is 155 cm³/mol. The number of anilines is 1. The van der Waals surface area contributed by atoms with E-state index in [1.807, 2.05) is 65.8 Å². The molecule has 1 unspecified atom stereocenters. The molecule has 1 aliphatic rings. The van der Waals surface area contributed by atoms with Crippen molar-refractivity contribution in [2.45, 2.75) is 59.9 Å². The molecule has 0 bridgehead atoms. The van der Waals surface area contributed by atoms with Crippen molar-refractivity contribution in [1.82, 2.24) is 0 Å². The minimum Gasteiger partial charge on any atom is -0.507 e. The van der Waals surface area contributed by atoms with Crippen LogP contribution in [0.15, 0.2) is 66.2 Å². The maximum atomic E-state index is 13.6. The van der Waals surface area contributed by atoms with E-state index in [0.29, 0.717) is 34.9 Å². The van der Waals surface area contributed by atoms with Crippen LogP contribution in [0.4, 0.5) is 5.69 Å². The van der Waals surface area contributed by atoms with Crippen LogP contribution in [-0.2, 0) is 19.8 Å². The number of ether oxygens (including phenoxy) is 2. The van der Waals surface area contributed by atoms with Crippen LogP contribution >= 0.6 is 0 Å². The molecule has 3 aromatic rings. The highest BCUT2D eigenvalue weighted by molar-refractivity contribution is 6.51. The number of aliphatic hydroxyl groups is 1. The summed E-state index contributed by atoms with van der Waals surface area (Å²) in [7, 11) is 0. The van der Waals surface area contributed by atoms with Gasteiger partial charge >= 0.3 is 5.97 Å². The molecule has 0 radical (unpaired) electrons. The molecule has 1 N–H and O–H groups in total. The minimum absolute atomic E-state index is 0.0200. The van der Waals surface area contributed by atoms with Gasteiger partial charge in [-0.3, -0.25) is 19.3 Å². The van der Waals surface area contributed by atoms with Crippen molar-refractivity contribution in [3.63, 3.8) is 0 Å². The normalized spacial score (nSPS) is 16.8. The maximum absolute atomic E-state index is 13.6. The highest BCUT2D eigenvalue weighted by Gasteiger charge is 2.47. The highest BCUT2D eigenvalue weighted by Crippen LogP contribution is 2.44. The molecule has 1 atom stereocenters. The zero-order chi connectivity index (χ0) is 29.4. The molecule has 0 aliphatic carbocycles. The van der Waals surface area contributed by atoms with Crippen molar-refractivity contribution in [2.75, 3.05) is 11.5 Å². The molecule has 1 fully saturated rings. The zero-order valence-electron chi connectivity index (χ0n) is 24.0. The molecule has 208 valence electrons. The Morgan fingerprint density at radius 1 is 0.950 bits per heavy atom. The summed E-state index contributed by atoms with van der Waals surface area (Å²) in [5.74, 6) is -1.22. The van der Waals surface area contributed by atoms with Crippen LogP contribution in [0.25, 0.3) is 5.76 Å². The van der Waals surface area contributed by atoms with Gasteiger partial charge in [0.1, 0.15) is 17.3 Å². The second kappa shape index (κ2) is 11.0. The maximum Gasteiger partial charge on any atom is 0.308 e. The van der Waals surface area contributed by atoms with Crippen molar-refractivity contribution >= 4 is 29.1 Å². The van der Waals surface area contributed by atoms with Crippen LogP contribution in [-0.4, -0.2) is 29.4 Å². The Labute approximate surface area is 235 Å². The Hall–Kier alpha value is -4.39. The summed E-state index contributed by atoms with van der Waals surface area (Å²) >= 11 is 0. The number of hydrogen-bond donors (Lipinski definition) is 1. The number of aryl methyl sites for hydroxylation is 2. The number of ketones is 1. The number of rotatable bonds is 6. The van der Waals surface area contributed by atoms with Gasteiger partial charge in [-0.1, -0.05) is 39.0 Å². The number of carbonyl (C=O) groups is 3. The smallest absolute Gasteiger partial charge is 0.308 e. The fourth-order valence-corrected chi connectivity index (χ4v) is 5.09. The number of aliphatic hydroxyl groups excluding tert-OH is 1. The Morgan fingerprint density at radius 2 is 1.57 bits per heavy atom. The van der Waals surface area contributed by atoms with E-state index in [1.165, 1.54) is 11.8 Å². The van der Waals surface area contributed by atoms with E-state index in [4.69, 9.17) is 9.47 Å². The Kier molecular flexibility index (Phi) is 7.87. The van der Waals surface area contributed by atoms with E-state index in [9.17, 15) is 19.5 Å². The Morgan fingerprint density at radius 3 is 2.12 bits per heavy atom. The van der Waals surface area contributed by atoms with E-state index in [-0.39, 0.29) is 16.7 Å². The molecule has 7 nitrogen and oxygen atoms in total. The fourth-order valence-electron chi connectivity index (χ4n) is 5.09. The van der Waals surface area contributed by atoms with E-state index in [2.05, 4.69) is 0 Å². The van der Waals surface area contributed by atoms with E-state index >= 15 is 0 Å². The number of nitrogens with zero attached hydrogens (tertiary/aromatic N) is 1. The summed E-state index contributed by atoms with van der Waals surface area (Å²) in [6.07, 6.45) is 0. The average molecular weight is 542 g/mol. The van der Waals surface area contributed by atoms with E-state index in [1.54, 1.807) is 36.4 Å². The van der Waals surface area contributed by atoms with Gasteiger partial charge in [0.2, 0.25) is 0 Å². The first kappa shape index (κ1) is 28.6. The number of carbonyl (C=O) groups excluding carboxylic acids is 3. The van der Waals surface area contributed by atoms with Gasteiger partial charge < -0.3 is 14.6 Å². The van der Waals surface area contributed by atoms with Gasteiger partial charge in [0.25, 0.3) is 11.7 Å². The third kappa shape index (κ3) is 5.64. The topological polar surface area (TPSA) is 93.1 Å². The van der Waals surface area contributed by atoms with Crippen LogP contribution in [0.2, 0.25) is 0 Å². The van der Waals surface area contributed by atoms with Gasteiger partial charge in [-0.15, -0.1) is 0 Å². The number of amides is 1. The second-order valence-electron chi connectivity index (χ2n) is 11.1. The van der Waals surface area contributed by atoms with Gasteiger partial charge in [0, 0.05) is 23.7 Å². The standard InChI is InChI=1S/C33H35NO6/c1-8-39-27-14-11-23(18-26(27)33(5,6)7)30(36)28-29(22-9-12-25(13-10-22)40-21(4)35)34(32(38)31(28)37)24-16-19(2)15-20(3)17-24/h9-18,29,36H,8H2,1-7H3/b30-28-. The molecule has 3 aromatic carbocycles. The third-order valence-electron chi connectivity index (χ3n) is 6.75. The average Bonchev–Trinajstić information content (AvgIpc) is 3.13. The largest absolute Gasteiger partial charge is 0.507 e. The molecule has 1 heterocycles. The summed E-state index contributed by atoms with van der Waals surface area (Å²) in [5.41, 5.74) is 3.95. The SMILES string of the molecule is CCOc1ccc(/C(O)=C2/C(=O)C(=O)N(c3cc(C)cc(C)c3)C2c2ccc(OC(C)=O)cc2)cc1C(C)(C)C. The molecule has 0 saturated carbocycles. The van der Waals surface area contributed by atoms with Gasteiger partial charge in [0.05, 0.1) is 18.2 Å². The third-order valence-corrected chi connectivity index (χ3v) is 6.75. The van der Waals surface area contributed by atoms with E-state index < -0.39 is 23.7 Å². The van der Waals surface area contributed by atoms with Crippen molar-refractivity contribution in [3.8, 4) is 11.5 Å². The molecule has 40 heavy (non-hydrogen) atoms.